The molecule has 1 aromatic carbocycles. The van der Waals surface area contributed by atoms with Gasteiger partial charge in [0.05, 0.1) is 0 Å². The summed E-state index contributed by atoms with van der Waals surface area (Å²) in [6.45, 7) is 6.28. The van der Waals surface area contributed by atoms with Gasteiger partial charge in [-0.05, 0) is 23.1 Å². The van der Waals surface area contributed by atoms with E-state index in [0.717, 1.165) is 11.3 Å². The Kier molecular flexibility index (Phi) is 3.74. The predicted octanol–water partition coefficient (Wildman–Crippen LogP) is 3.38. The summed E-state index contributed by atoms with van der Waals surface area (Å²) in [6, 6.07) is 9.25. The summed E-state index contributed by atoms with van der Waals surface area (Å²) in [5.74, 6) is -0.255. The van der Waals surface area contributed by atoms with Gasteiger partial charge >= 0.3 is 0 Å². The third-order valence-electron chi connectivity index (χ3n) is 3.07. The number of H-pyrrole nitrogens is 1. The van der Waals surface area contributed by atoms with Crippen LogP contribution in [0.2, 0.25) is 0 Å². The summed E-state index contributed by atoms with van der Waals surface area (Å²) in [7, 11) is 0. The Hall–Kier alpha value is -2.36. The molecule has 2 rings (SSSR count). The van der Waals surface area contributed by atoms with E-state index >= 15 is 0 Å². The number of aldehydes is 1. The fraction of sp³-hybridized carbons (Fsp3) is 0.250. The van der Waals surface area contributed by atoms with Gasteiger partial charge in [-0.3, -0.25) is 9.59 Å². The van der Waals surface area contributed by atoms with Gasteiger partial charge < -0.3 is 10.3 Å². The monoisotopic (exact) mass is 270 g/mol. The number of nitrogens with one attached hydrogen (secondary N) is 2. The smallest absolute Gasteiger partial charge is 0.272 e. The van der Waals surface area contributed by atoms with Crippen LogP contribution in [0.4, 0.5) is 5.69 Å². The molecule has 1 amide bonds. The molecular weight excluding hydrogens is 252 g/mol. The third kappa shape index (κ3) is 2.96. The molecule has 0 fully saturated rings. The van der Waals surface area contributed by atoms with Crippen LogP contribution in [0.1, 0.15) is 47.2 Å². The second-order valence-electron chi connectivity index (χ2n) is 5.71. The lowest BCUT2D eigenvalue weighted by Crippen LogP contribution is -2.18. The van der Waals surface area contributed by atoms with Gasteiger partial charge in [0.15, 0.2) is 6.29 Å². The van der Waals surface area contributed by atoms with Crippen LogP contribution in [0, 0.1) is 0 Å². The van der Waals surface area contributed by atoms with Crippen LogP contribution in [-0.4, -0.2) is 17.2 Å². The van der Waals surface area contributed by atoms with Gasteiger partial charge in [0.2, 0.25) is 0 Å². The van der Waals surface area contributed by atoms with Crippen molar-refractivity contribution in [3.63, 3.8) is 0 Å². The van der Waals surface area contributed by atoms with Gasteiger partial charge in [-0.15, -0.1) is 0 Å². The normalized spacial score (nSPS) is 11.2. The number of carbonyl (C=O) groups is 2. The molecule has 1 aromatic heterocycles. The molecule has 2 aromatic rings. The van der Waals surface area contributed by atoms with Gasteiger partial charge in [-0.25, -0.2) is 0 Å². The third-order valence-corrected chi connectivity index (χ3v) is 3.07. The molecule has 20 heavy (non-hydrogen) atoms. The van der Waals surface area contributed by atoms with Crippen molar-refractivity contribution in [1.82, 2.24) is 4.98 Å². The number of aromatic amines is 1. The first-order valence-corrected chi connectivity index (χ1v) is 6.46. The first kappa shape index (κ1) is 14.1. The highest BCUT2D eigenvalue weighted by Crippen LogP contribution is 2.29. The van der Waals surface area contributed by atoms with Gasteiger partial charge in [0.1, 0.15) is 5.69 Å². The first-order valence-electron chi connectivity index (χ1n) is 6.46. The minimum Gasteiger partial charge on any atom is -0.356 e. The van der Waals surface area contributed by atoms with Crippen LogP contribution in [0.3, 0.4) is 0 Å². The van der Waals surface area contributed by atoms with E-state index in [9.17, 15) is 9.59 Å². The maximum atomic E-state index is 12.2. The molecule has 4 nitrogen and oxygen atoms in total. The van der Waals surface area contributed by atoms with Crippen LogP contribution in [-0.2, 0) is 5.41 Å². The quantitative estimate of drug-likeness (QED) is 0.840. The van der Waals surface area contributed by atoms with Gasteiger partial charge in [0.25, 0.3) is 5.91 Å². The molecule has 104 valence electrons. The van der Waals surface area contributed by atoms with Crippen molar-refractivity contribution < 1.29 is 9.59 Å². The Labute approximate surface area is 118 Å². The van der Waals surface area contributed by atoms with Crippen molar-refractivity contribution in [3.8, 4) is 0 Å². The van der Waals surface area contributed by atoms with Crippen LogP contribution < -0.4 is 5.32 Å². The molecule has 0 aliphatic heterocycles. The van der Waals surface area contributed by atoms with Gasteiger partial charge in [-0.2, -0.15) is 0 Å². The number of aromatic nitrogens is 1. The van der Waals surface area contributed by atoms with Crippen molar-refractivity contribution >= 4 is 17.9 Å². The lowest BCUT2D eigenvalue weighted by Gasteiger charge is -2.22. The molecule has 0 bridgehead atoms. The largest absolute Gasteiger partial charge is 0.356 e. The molecule has 0 atom stereocenters. The maximum Gasteiger partial charge on any atom is 0.272 e. The lowest BCUT2D eigenvalue weighted by atomic mass is 9.86. The summed E-state index contributed by atoms with van der Waals surface area (Å²) >= 11 is 0. The maximum absolute atomic E-state index is 12.2. The number of rotatable bonds is 3. The number of benzene rings is 1. The van der Waals surface area contributed by atoms with Crippen molar-refractivity contribution in [3.05, 3.63) is 53.3 Å². The molecular formula is C16H18N2O2. The number of para-hydroxylation sites is 1. The highest BCUT2D eigenvalue weighted by Gasteiger charge is 2.19. The van der Waals surface area contributed by atoms with Crippen LogP contribution in [0.15, 0.2) is 36.5 Å². The van der Waals surface area contributed by atoms with E-state index in [2.05, 4.69) is 31.1 Å². The number of amides is 1. The zero-order valence-electron chi connectivity index (χ0n) is 11.9. The zero-order valence-corrected chi connectivity index (χ0v) is 11.9. The van der Waals surface area contributed by atoms with E-state index in [1.165, 1.54) is 12.3 Å². The topological polar surface area (TPSA) is 62.0 Å². The SMILES string of the molecule is CC(C)(C)c1ccccc1NC(=O)c1cc(C=O)c[nH]1. The minimum absolute atomic E-state index is 0.0619. The summed E-state index contributed by atoms with van der Waals surface area (Å²) in [5, 5.41) is 2.88. The molecule has 0 saturated carbocycles. The van der Waals surface area contributed by atoms with Crippen molar-refractivity contribution in [2.45, 2.75) is 26.2 Å². The standard InChI is InChI=1S/C16H18N2O2/c1-16(2,3)12-6-4-5-7-13(12)18-15(20)14-8-11(10-19)9-17-14/h4-10,17H,1-3H3,(H,18,20). The molecule has 0 saturated heterocycles. The molecule has 2 N–H and O–H groups in total. The molecule has 0 unspecified atom stereocenters. The van der Waals surface area contributed by atoms with Gasteiger partial charge in [0, 0.05) is 17.4 Å². The Morgan fingerprint density at radius 3 is 2.55 bits per heavy atom. The molecule has 1 heterocycles. The summed E-state index contributed by atoms with van der Waals surface area (Å²) < 4.78 is 0. The summed E-state index contributed by atoms with van der Waals surface area (Å²) in [4.78, 5) is 25.6. The van der Waals surface area contributed by atoms with Crippen molar-refractivity contribution in [2.75, 3.05) is 5.32 Å². The molecule has 0 radical (unpaired) electrons. The predicted molar refractivity (Wildman–Crippen MR) is 79.3 cm³/mol. The molecule has 0 aliphatic rings. The number of carbonyl (C=O) groups excluding carboxylic acids is 2. The molecule has 0 aliphatic carbocycles. The second kappa shape index (κ2) is 5.33. The molecule has 4 heteroatoms. The molecule has 0 spiro atoms. The van der Waals surface area contributed by atoms with E-state index in [1.54, 1.807) is 0 Å². The fourth-order valence-corrected chi connectivity index (χ4v) is 2.05. The van der Waals surface area contributed by atoms with Crippen LogP contribution in [0.5, 0.6) is 0 Å². The average molecular weight is 270 g/mol. The highest BCUT2D eigenvalue weighted by molar-refractivity contribution is 6.04. The first-order chi connectivity index (χ1) is 9.41. The van der Waals surface area contributed by atoms with E-state index in [-0.39, 0.29) is 11.3 Å². The van der Waals surface area contributed by atoms with Crippen molar-refractivity contribution in [1.29, 1.82) is 0 Å². The minimum atomic E-state index is -0.255. The van der Waals surface area contributed by atoms with E-state index in [1.807, 2.05) is 24.3 Å². The lowest BCUT2D eigenvalue weighted by molar-refractivity contribution is 0.102. The fourth-order valence-electron chi connectivity index (χ4n) is 2.05. The van der Waals surface area contributed by atoms with E-state index in [0.29, 0.717) is 17.5 Å². The van der Waals surface area contributed by atoms with E-state index < -0.39 is 0 Å². The van der Waals surface area contributed by atoms with Gasteiger partial charge in [-0.1, -0.05) is 39.0 Å². The van der Waals surface area contributed by atoms with Crippen molar-refractivity contribution in [2.24, 2.45) is 0 Å². The summed E-state index contributed by atoms with van der Waals surface area (Å²) in [6.07, 6.45) is 2.22. The summed E-state index contributed by atoms with van der Waals surface area (Å²) in [5.41, 5.74) is 2.62. The Bertz CT molecular complexity index is 636. The second-order valence-corrected chi connectivity index (χ2v) is 5.71. The zero-order chi connectivity index (χ0) is 14.8. The van der Waals surface area contributed by atoms with E-state index in [4.69, 9.17) is 0 Å². The number of hydrogen-bond donors (Lipinski definition) is 2. The average Bonchev–Trinajstić information content (AvgIpc) is 2.87. The number of hydrogen-bond acceptors (Lipinski definition) is 2. The van der Waals surface area contributed by atoms with Crippen LogP contribution >= 0.6 is 0 Å². The van der Waals surface area contributed by atoms with Crippen LogP contribution in [0.25, 0.3) is 0 Å². The Balaban J connectivity index is 2.26. The Morgan fingerprint density at radius 2 is 1.95 bits per heavy atom. The number of anilines is 1. The Morgan fingerprint density at radius 1 is 1.25 bits per heavy atom. The highest BCUT2D eigenvalue weighted by atomic mass is 16.2.